The van der Waals surface area contributed by atoms with Crippen molar-refractivity contribution < 1.29 is 0 Å². The third kappa shape index (κ3) is 3.78. The summed E-state index contributed by atoms with van der Waals surface area (Å²) in [6, 6.07) is 5.40. The van der Waals surface area contributed by atoms with E-state index in [-0.39, 0.29) is 0 Å². The summed E-state index contributed by atoms with van der Waals surface area (Å²) in [4.78, 5) is 6.60. The van der Waals surface area contributed by atoms with E-state index in [2.05, 4.69) is 49.8 Å². The molecular formula is C18H28N6S. The van der Waals surface area contributed by atoms with Gasteiger partial charge in [-0.1, -0.05) is 25.8 Å². The van der Waals surface area contributed by atoms with Crippen molar-refractivity contribution in [3.05, 3.63) is 28.2 Å². The molecule has 7 heteroatoms. The van der Waals surface area contributed by atoms with Crippen molar-refractivity contribution in [1.29, 1.82) is 0 Å². The SMILES string of the molecule is CC[C@@H](c1nnnn1Cc1cccs1)N1CCN(C2CCCC2)CC1. The zero-order valence-corrected chi connectivity index (χ0v) is 15.9. The van der Waals surface area contributed by atoms with Crippen molar-refractivity contribution in [2.45, 2.75) is 57.7 Å². The van der Waals surface area contributed by atoms with Crippen molar-refractivity contribution in [2.75, 3.05) is 26.2 Å². The second kappa shape index (κ2) is 7.93. The summed E-state index contributed by atoms with van der Waals surface area (Å²) < 4.78 is 1.99. The van der Waals surface area contributed by atoms with E-state index >= 15 is 0 Å². The van der Waals surface area contributed by atoms with Gasteiger partial charge in [0.1, 0.15) is 0 Å². The Morgan fingerprint density at radius 2 is 2.00 bits per heavy atom. The number of tetrazole rings is 1. The molecule has 2 aliphatic rings. The summed E-state index contributed by atoms with van der Waals surface area (Å²) in [5.41, 5.74) is 0. The fraction of sp³-hybridized carbons (Fsp3) is 0.722. The lowest BCUT2D eigenvalue weighted by Crippen LogP contribution is -2.50. The quantitative estimate of drug-likeness (QED) is 0.793. The monoisotopic (exact) mass is 360 g/mol. The minimum absolute atomic E-state index is 0.320. The van der Waals surface area contributed by atoms with E-state index in [0.717, 1.165) is 37.9 Å². The van der Waals surface area contributed by atoms with Gasteiger partial charge in [-0.15, -0.1) is 16.4 Å². The van der Waals surface area contributed by atoms with Crippen molar-refractivity contribution in [3.63, 3.8) is 0 Å². The summed E-state index contributed by atoms with van der Waals surface area (Å²) >= 11 is 1.76. The van der Waals surface area contributed by atoms with Crippen LogP contribution in [-0.4, -0.2) is 62.2 Å². The Morgan fingerprint density at radius 3 is 2.68 bits per heavy atom. The Labute approximate surface area is 153 Å². The zero-order chi connectivity index (χ0) is 17.1. The molecule has 0 N–H and O–H groups in total. The first-order valence-electron chi connectivity index (χ1n) is 9.61. The molecule has 25 heavy (non-hydrogen) atoms. The van der Waals surface area contributed by atoms with Crippen LogP contribution in [0.5, 0.6) is 0 Å². The van der Waals surface area contributed by atoms with Crippen LogP contribution in [-0.2, 0) is 6.54 Å². The van der Waals surface area contributed by atoms with Gasteiger partial charge in [0.2, 0.25) is 0 Å². The van der Waals surface area contributed by atoms with Crippen molar-refractivity contribution in [2.24, 2.45) is 0 Å². The molecule has 1 atom stereocenters. The summed E-state index contributed by atoms with van der Waals surface area (Å²) in [6.07, 6.45) is 6.68. The van der Waals surface area contributed by atoms with E-state index in [9.17, 15) is 0 Å². The Kier molecular flexibility index (Phi) is 5.43. The normalized spacial score (nSPS) is 21.8. The fourth-order valence-electron chi connectivity index (χ4n) is 4.40. The fourth-order valence-corrected chi connectivity index (χ4v) is 5.09. The van der Waals surface area contributed by atoms with Crippen LogP contribution in [0.4, 0.5) is 0 Å². The second-order valence-electron chi connectivity index (χ2n) is 7.21. The second-order valence-corrected chi connectivity index (χ2v) is 8.24. The third-order valence-electron chi connectivity index (χ3n) is 5.76. The van der Waals surface area contributed by atoms with Crippen LogP contribution < -0.4 is 0 Å². The first-order chi connectivity index (χ1) is 12.3. The van der Waals surface area contributed by atoms with Crippen LogP contribution in [0.15, 0.2) is 17.5 Å². The molecule has 0 unspecified atom stereocenters. The summed E-state index contributed by atoms with van der Waals surface area (Å²) in [7, 11) is 0. The molecule has 0 radical (unpaired) electrons. The highest BCUT2D eigenvalue weighted by molar-refractivity contribution is 7.09. The lowest BCUT2D eigenvalue weighted by atomic mass is 10.1. The first-order valence-corrected chi connectivity index (χ1v) is 10.5. The maximum absolute atomic E-state index is 4.39. The van der Waals surface area contributed by atoms with Crippen LogP contribution in [0, 0.1) is 0 Å². The van der Waals surface area contributed by atoms with Gasteiger partial charge in [-0.3, -0.25) is 9.80 Å². The molecule has 1 saturated carbocycles. The lowest BCUT2D eigenvalue weighted by Gasteiger charge is -2.40. The van der Waals surface area contributed by atoms with Gasteiger partial charge >= 0.3 is 0 Å². The Balaban J connectivity index is 1.42. The van der Waals surface area contributed by atoms with Crippen molar-refractivity contribution in [3.8, 4) is 0 Å². The van der Waals surface area contributed by atoms with Crippen molar-refractivity contribution >= 4 is 11.3 Å². The minimum atomic E-state index is 0.320. The zero-order valence-electron chi connectivity index (χ0n) is 15.0. The Morgan fingerprint density at radius 1 is 1.20 bits per heavy atom. The molecular weight excluding hydrogens is 332 g/mol. The lowest BCUT2D eigenvalue weighted by molar-refractivity contribution is 0.0646. The molecule has 2 aromatic heterocycles. The van der Waals surface area contributed by atoms with Crippen LogP contribution >= 0.6 is 11.3 Å². The molecule has 0 bridgehead atoms. The van der Waals surface area contributed by atoms with E-state index in [1.807, 2.05) is 4.68 Å². The van der Waals surface area contributed by atoms with Gasteiger partial charge in [-0.2, -0.15) is 0 Å². The first kappa shape index (κ1) is 17.1. The summed E-state index contributed by atoms with van der Waals surface area (Å²) in [6.45, 7) is 7.65. The molecule has 1 aliphatic carbocycles. The van der Waals surface area contributed by atoms with Crippen LogP contribution in [0.2, 0.25) is 0 Å². The van der Waals surface area contributed by atoms with Gasteiger partial charge < -0.3 is 0 Å². The highest BCUT2D eigenvalue weighted by Crippen LogP contribution is 2.28. The number of thiophene rings is 1. The molecule has 6 nitrogen and oxygen atoms in total. The number of hydrogen-bond acceptors (Lipinski definition) is 6. The Hall–Kier alpha value is -1.31. The summed E-state index contributed by atoms with van der Waals surface area (Å²) in [5.74, 6) is 1.02. The number of piperazine rings is 1. The number of nitrogens with zero attached hydrogens (tertiary/aromatic N) is 6. The third-order valence-corrected chi connectivity index (χ3v) is 6.62. The number of hydrogen-bond donors (Lipinski definition) is 0. The van der Waals surface area contributed by atoms with E-state index in [0.29, 0.717) is 6.04 Å². The molecule has 0 aromatic carbocycles. The van der Waals surface area contributed by atoms with Crippen LogP contribution in [0.1, 0.15) is 55.8 Å². The van der Waals surface area contributed by atoms with Crippen molar-refractivity contribution in [1.82, 2.24) is 30.0 Å². The van der Waals surface area contributed by atoms with Crippen LogP contribution in [0.25, 0.3) is 0 Å². The van der Waals surface area contributed by atoms with Gasteiger partial charge in [-0.05, 0) is 41.1 Å². The van der Waals surface area contributed by atoms with Gasteiger partial charge in [-0.25, -0.2) is 4.68 Å². The van der Waals surface area contributed by atoms with E-state index in [1.165, 1.54) is 43.6 Å². The Bertz CT molecular complexity index is 640. The van der Waals surface area contributed by atoms with Gasteiger partial charge in [0.25, 0.3) is 0 Å². The van der Waals surface area contributed by atoms with E-state index in [1.54, 1.807) is 11.3 Å². The van der Waals surface area contributed by atoms with E-state index in [4.69, 9.17) is 0 Å². The number of aromatic nitrogens is 4. The molecule has 2 aromatic rings. The molecule has 1 aliphatic heterocycles. The molecule has 2 fully saturated rings. The van der Waals surface area contributed by atoms with Gasteiger partial charge in [0.15, 0.2) is 5.82 Å². The highest BCUT2D eigenvalue weighted by Gasteiger charge is 2.31. The number of rotatable bonds is 6. The van der Waals surface area contributed by atoms with Crippen LogP contribution in [0.3, 0.4) is 0 Å². The predicted molar refractivity (Wildman–Crippen MR) is 99.7 cm³/mol. The molecule has 3 heterocycles. The standard InChI is InChI=1S/C18H28N6S/c1-2-17(18-19-20-21-24(18)14-16-8-5-13-25-16)23-11-9-22(10-12-23)15-6-3-4-7-15/h5,8,13,15,17H,2-4,6-7,9-12,14H2,1H3/t17-/m0/s1. The largest absolute Gasteiger partial charge is 0.298 e. The topological polar surface area (TPSA) is 50.1 Å². The van der Waals surface area contributed by atoms with Gasteiger partial charge in [0, 0.05) is 37.1 Å². The van der Waals surface area contributed by atoms with Gasteiger partial charge in [0.05, 0.1) is 12.6 Å². The molecule has 4 rings (SSSR count). The minimum Gasteiger partial charge on any atom is -0.298 e. The molecule has 1 saturated heterocycles. The average molecular weight is 361 g/mol. The maximum atomic E-state index is 4.39. The predicted octanol–water partition coefficient (Wildman–Crippen LogP) is 2.79. The smallest absolute Gasteiger partial charge is 0.168 e. The molecule has 136 valence electrons. The highest BCUT2D eigenvalue weighted by atomic mass is 32.1. The molecule has 0 spiro atoms. The van der Waals surface area contributed by atoms with E-state index < -0.39 is 0 Å². The maximum Gasteiger partial charge on any atom is 0.168 e. The molecule has 0 amide bonds. The average Bonchev–Trinajstić information content (AvgIpc) is 3.40. The summed E-state index contributed by atoms with van der Waals surface area (Å²) in [5, 5.41) is 14.7.